The zero-order chi connectivity index (χ0) is 15.1. The Hall–Kier alpha value is -1.33. The van der Waals surface area contributed by atoms with E-state index in [2.05, 4.69) is 5.32 Å². The molecular weight excluding hydrogens is 280 g/mol. The molecule has 1 unspecified atom stereocenters. The summed E-state index contributed by atoms with van der Waals surface area (Å²) in [5.74, 6) is 0. The largest absolute Gasteiger partial charge is 0.379 e. The van der Waals surface area contributed by atoms with E-state index < -0.39 is 4.92 Å². The Bertz CT molecular complexity index is 543. The molecule has 1 heterocycles. The maximum absolute atomic E-state index is 10.9. The summed E-state index contributed by atoms with van der Waals surface area (Å²) in [5, 5.41) is 14.4. The molecule has 0 amide bonds. The average Bonchev–Trinajstić information content (AvgIpc) is 2.49. The number of benzene rings is 1. The van der Waals surface area contributed by atoms with Gasteiger partial charge in [-0.1, -0.05) is 11.6 Å². The Kier molecular flexibility index (Phi) is 3.69. The second-order valence-electron chi connectivity index (χ2n) is 6.29. The van der Waals surface area contributed by atoms with E-state index in [-0.39, 0.29) is 28.0 Å². The molecule has 110 valence electrons. The van der Waals surface area contributed by atoms with Crippen molar-refractivity contribution in [3.8, 4) is 0 Å². The Morgan fingerprint density at radius 1 is 1.40 bits per heavy atom. The molecule has 0 bridgehead atoms. The van der Waals surface area contributed by atoms with Crippen LogP contribution in [0, 0.1) is 10.1 Å². The number of anilines is 1. The molecule has 6 heteroatoms. The molecule has 1 aromatic rings. The monoisotopic (exact) mass is 298 g/mol. The minimum absolute atomic E-state index is 0.0817. The fourth-order valence-corrected chi connectivity index (χ4v) is 2.92. The van der Waals surface area contributed by atoms with E-state index in [1.165, 1.54) is 12.1 Å². The lowest BCUT2D eigenvalue weighted by Crippen LogP contribution is -2.38. The molecule has 0 saturated carbocycles. The minimum Gasteiger partial charge on any atom is -0.379 e. The van der Waals surface area contributed by atoms with Gasteiger partial charge in [0.05, 0.1) is 22.2 Å². The SMILES string of the molecule is CC1(C)CC(Nc2ccc(Cl)c([N+](=O)[O-])c2)C(C)(C)O1. The zero-order valence-corrected chi connectivity index (χ0v) is 12.8. The summed E-state index contributed by atoms with van der Waals surface area (Å²) in [7, 11) is 0. The maximum Gasteiger partial charge on any atom is 0.289 e. The van der Waals surface area contributed by atoms with Crippen molar-refractivity contribution in [3.63, 3.8) is 0 Å². The van der Waals surface area contributed by atoms with Crippen LogP contribution >= 0.6 is 11.6 Å². The number of nitro groups is 1. The predicted molar refractivity (Wildman–Crippen MR) is 79.4 cm³/mol. The van der Waals surface area contributed by atoms with Crippen LogP contribution in [-0.4, -0.2) is 22.2 Å². The van der Waals surface area contributed by atoms with Crippen LogP contribution in [0.3, 0.4) is 0 Å². The van der Waals surface area contributed by atoms with Gasteiger partial charge < -0.3 is 10.1 Å². The van der Waals surface area contributed by atoms with Crippen LogP contribution in [0.25, 0.3) is 0 Å². The molecule has 1 saturated heterocycles. The van der Waals surface area contributed by atoms with Crippen molar-refractivity contribution in [1.82, 2.24) is 0 Å². The van der Waals surface area contributed by atoms with E-state index >= 15 is 0 Å². The standard InChI is InChI=1S/C14H19ClN2O3/c1-13(2)8-12(14(3,4)20-13)16-9-5-6-10(15)11(7-9)17(18)19/h5-7,12,16H,8H2,1-4H3. The highest BCUT2D eigenvalue weighted by Gasteiger charge is 2.45. The number of nitrogens with zero attached hydrogens (tertiary/aromatic N) is 1. The highest BCUT2D eigenvalue weighted by Crippen LogP contribution is 2.39. The van der Waals surface area contributed by atoms with Crippen LogP contribution in [0.15, 0.2) is 18.2 Å². The molecule has 1 aromatic carbocycles. The molecule has 0 aromatic heterocycles. The van der Waals surface area contributed by atoms with Crippen LogP contribution in [0.4, 0.5) is 11.4 Å². The number of rotatable bonds is 3. The molecule has 1 atom stereocenters. The van der Waals surface area contributed by atoms with E-state index in [1.807, 2.05) is 27.7 Å². The van der Waals surface area contributed by atoms with Crippen LogP contribution in [-0.2, 0) is 4.74 Å². The minimum atomic E-state index is -0.478. The Labute approximate surface area is 123 Å². The van der Waals surface area contributed by atoms with Crippen molar-refractivity contribution in [2.75, 3.05) is 5.32 Å². The third-order valence-corrected chi connectivity index (χ3v) is 3.88. The number of ether oxygens (including phenoxy) is 1. The predicted octanol–water partition coefficient (Wildman–Crippen LogP) is 4.01. The summed E-state index contributed by atoms with van der Waals surface area (Å²) in [6.07, 6.45) is 0.830. The van der Waals surface area contributed by atoms with E-state index in [4.69, 9.17) is 16.3 Å². The number of halogens is 1. The van der Waals surface area contributed by atoms with E-state index in [1.54, 1.807) is 6.07 Å². The smallest absolute Gasteiger partial charge is 0.289 e. The first-order valence-corrected chi connectivity index (χ1v) is 6.89. The quantitative estimate of drug-likeness (QED) is 0.676. The van der Waals surface area contributed by atoms with Gasteiger partial charge in [-0.15, -0.1) is 0 Å². The van der Waals surface area contributed by atoms with Crippen LogP contribution < -0.4 is 5.32 Å². The molecule has 1 aliphatic heterocycles. The first kappa shape index (κ1) is 15.1. The van der Waals surface area contributed by atoms with Gasteiger partial charge in [0.15, 0.2) is 0 Å². The summed E-state index contributed by atoms with van der Waals surface area (Å²) in [6, 6.07) is 4.83. The second kappa shape index (κ2) is 4.90. The molecule has 1 N–H and O–H groups in total. The first-order chi connectivity index (χ1) is 9.11. The molecule has 1 fully saturated rings. The average molecular weight is 299 g/mol. The molecule has 5 nitrogen and oxygen atoms in total. The van der Waals surface area contributed by atoms with Gasteiger partial charge in [-0.05, 0) is 46.2 Å². The number of nitrogens with one attached hydrogen (secondary N) is 1. The van der Waals surface area contributed by atoms with Crippen molar-refractivity contribution >= 4 is 23.0 Å². The van der Waals surface area contributed by atoms with Gasteiger partial charge in [-0.25, -0.2) is 0 Å². The van der Waals surface area contributed by atoms with Crippen LogP contribution in [0.2, 0.25) is 5.02 Å². The third kappa shape index (κ3) is 3.04. The summed E-state index contributed by atoms with van der Waals surface area (Å²) in [5.41, 5.74) is 0.0466. The van der Waals surface area contributed by atoms with Gasteiger partial charge in [0.2, 0.25) is 0 Å². The normalized spacial score (nSPS) is 23.6. The number of hydrogen-bond donors (Lipinski definition) is 1. The van der Waals surface area contributed by atoms with Crippen molar-refractivity contribution in [2.45, 2.75) is 51.4 Å². The molecule has 0 aliphatic carbocycles. The lowest BCUT2D eigenvalue weighted by Gasteiger charge is -2.28. The molecule has 0 radical (unpaired) electrons. The molecule has 0 spiro atoms. The van der Waals surface area contributed by atoms with Crippen molar-refractivity contribution in [3.05, 3.63) is 33.3 Å². The van der Waals surface area contributed by atoms with Gasteiger partial charge >= 0.3 is 0 Å². The third-order valence-electron chi connectivity index (χ3n) is 3.56. The van der Waals surface area contributed by atoms with E-state index in [9.17, 15) is 10.1 Å². The zero-order valence-electron chi connectivity index (χ0n) is 12.1. The summed E-state index contributed by atoms with van der Waals surface area (Å²) in [6.45, 7) is 8.12. The maximum atomic E-state index is 10.9. The summed E-state index contributed by atoms with van der Waals surface area (Å²) < 4.78 is 6.00. The lowest BCUT2D eigenvalue weighted by molar-refractivity contribution is -0.384. The fraction of sp³-hybridized carbons (Fsp3) is 0.571. The Morgan fingerprint density at radius 3 is 2.55 bits per heavy atom. The molecule has 1 aliphatic rings. The summed E-state index contributed by atoms with van der Waals surface area (Å²) in [4.78, 5) is 10.4. The van der Waals surface area contributed by atoms with Crippen molar-refractivity contribution < 1.29 is 9.66 Å². The Morgan fingerprint density at radius 2 is 2.05 bits per heavy atom. The van der Waals surface area contributed by atoms with E-state index in [0.29, 0.717) is 5.69 Å². The van der Waals surface area contributed by atoms with Gasteiger partial charge in [0, 0.05) is 11.8 Å². The first-order valence-electron chi connectivity index (χ1n) is 6.51. The van der Waals surface area contributed by atoms with Crippen LogP contribution in [0.1, 0.15) is 34.1 Å². The van der Waals surface area contributed by atoms with Crippen LogP contribution in [0.5, 0.6) is 0 Å². The number of hydrogen-bond acceptors (Lipinski definition) is 4. The Balaban J connectivity index is 2.23. The highest BCUT2D eigenvalue weighted by molar-refractivity contribution is 6.32. The van der Waals surface area contributed by atoms with Gasteiger partial charge in [-0.2, -0.15) is 0 Å². The number of nitro benzene ring substituents is 1. The molecule has 20 heavy (non-hydrogen) atoms. The highest BCUT2D eigenvalue weighted by atomic mass is 35.5. The molecule has 2 rings (SSSR count). The van der Waals surface area contributed by atoms with Crippen molar-refractivity contribution in [2.24, 2.45) is 0 Å². The lowest BCUT2D eigenvalue weighted by atomic mass is 9.94. The van der Waals surface area contributed by atoms with Gasteiger partial charge in [0.1, 0.15) is 5.02 Å². The van der Waals surface area contributed by atoms with E-state index in [0.717, 1.165) is 6.42 Å². The fourth-order valence-electron chi connectivity index (χ4n) is 2.73. The second-order valence-corrected chi connectivity index (χ2v) is 6.70. The van der Waals surface area contributed by atoms with Crippen molar-refractivity contribution in [1.29, 1.82) is 0 Å². The van der Waals surface area contributed by atoms with Gasteiger partial charge in [-0.3, -0.25) is 10.1 Å². The van der Waals surface area contributed by atoms with Gasteiger partial charge in [0.25, 0.3) is 5.69 Å². The summed E-state index contributed by atoms with van der Waals surface area (Å²) >= 11 is 5.82. The molecular formula is C14H19ClN2O3. The topological polar surface area (TPSA) is 64.4 Å².